The van der Waals surface area contributed by atoms with Crippen molar-refractivity contribution in [1.82, 2.24) is 0 Å². The van der Waals surface area contributed by atoms with E-state index in [1.807, 2.05) is 6.92 Å². The summed E-state index contributed by atoms with van der Waals surface area (Å²) in [5.41, 5.74) is -0.422. The van der Waals surface area contributed by atoms with Crippen LogP contribution in [0.1, 0.15) is 85.5 Å². The van der Waals surface area contributed by atoms with Crippen LogP contribution in [-0.4, -0.2) is 10.7 Å². The molecule has 0 aliphatic rings. The lowest BCUT2D eigenvalue weighted by atomic mass is 9.90. The summed E-state index contributed by atoms with van der Waals surface area (Å²) in [5, 5.41) is 10.2. The van der Waals surface area contributed by atoms with Crippen LogP contribution in [0.5, 0.6) is 0 Å². The summed E-state index contributed by atoms with van der Waals surface area (Å²) in [6, 6.07) is 0. The molecule has 1 nitrogen and oxygen atoms in total. The molecule has 0 amide bonds. The molecule has 0 bridgehead atoms. The molecule has 0 heterocycles. The predicted octanol–water partition coefficient (Wildman–Crippen LogP) is 4.92. The zero-order chi connectivity index (χ0) is 12.4. The van der Waals surface area contributed by atoms with Gasteiger partial charge in [-0.1, -0.05) is 59.3 Å². The van der Waals surface area contributed by atoms with E-state index in [2.05, 4.69) is 20.8 Å². The van der Waals surface area contributed by atoms with E-state index < -0.39 is 5.60 Å². The fourth-order valence-electron chi connectivity index (χ4n) is 2.01. The average molecular weight is 228 g/mol. The van der Waals surface area contributed by atoms with Crippen LogP contribution in [0.15, 0.2) is 0 Å². The second kappa shape index (κ2) is 9.04. The highest BCUT2D eigenvalue weighted by Gasteiger charge is 2.19. The van der Waals surface area contributed by atoms with Crippen molar-refractivity contribution in [2.45, 2.75) is 91.1 Å². The second-order valence-corrected chi connectivity index (χ2v) is 5.95. The first kappa shape index (κ1) is 16.0. The highest BCUT2D eigenvalue weighted by molar-refractivity contribution is 4.72. The molecular weight excluding hydrogens is 196 g/mol. The molecule has 0 saturated heterocycles. The van der Waals surface area contributed by atoms with Gasteiger partial charge in [-0.25, -0.2) is 0 Å². The van der Waals surface area contributed by atoms with Gasteiger partial charge in [0.2, 0.25) is 0 Å². The van der Waals surface area contributed by atoms with Crippen molar-refractivity contribution in [1.29, 1.82) is 0 Å². The zero-order valence-corrected chi connectivity index (χ0v) is 11.9. The third kappa shape index (κ3) is 10.5. The Morgan fingerprint density at radius 3 is 2.06 bits per heavy atom. The Bertz CT molecular complexity index is 150. The maximum absolute atomic E-state index is 10.2. The van der Waals surface area contributed by atoms with E-state index >= 15 is 0 Å². The van der Waals surface area contributed by atoms with Gasteiger partial charge in [0, 0.05) is 0 Å². The summed E-state index contributed by atoms with van der Waals surface area (Å²) in [6.07, 6.45) is 10.9. The zero-order valence-electron chi connectivity index (χ0n) is 11.9. The van der Waals surface area contributed by atoms with Gasteiger partial charge in [0.1, 0.15) is 0 Å². The van der Waals surface area contributed by atoms with E-state index in [4.69, 9.17) is 0 Å². The van der Waals surface area contributed by atoms with Gasteiger partial charge in [0.25, 0.3) is 0 Å². The normalized spacial score (nSPS) is 15.4. The summed E-state index contributed by atoms with van der Waals surface area (Å²) in [4.78, 5) is 0. The number of aliphatic hydroxyl groups is 1. The summed E-state index contributed by atoms with van der Waals surface area (Å²) in [7, 11) is 0. The number of hydrogen-bond donors (Lipinski definition) is 1. The first-order chi connectivity index (χ1) is 7.48. The lowest BCUT2D eigenvalue weighted by Crippen LogP contribution is -2.24. The van der Waals surface area contributed by atoms with E-state index in [9.17, 15) is 5.11 Å². The first-order valence-electron chi connectivity index (χ1n) is 7.20. The van der Waals surface area contributed by atoms with E-state index in [1.54, 1.807) is 0 Å². The molecule has 0 spiro atoms. The molecule has 0 saturated carbocycles. The molecule has 1 N–H and O–H groups in total. The van der Waals surface area contributed by atoms with Gasteiger partial charge in [0.15, 0.2) is 0 Å². The minimum Gasteiger partial charge on any atom is -0.390 e. The monoisotopic (exact) mass is 228 g/mol. The Labute approximate surface area is 103 Å². The summed E-state index contributed by atoms with van der Waals surface area (Å²) in [6.45, 7) is 8.69. The molecular formula is C15H32O. The van der Waals surface area contributed by atoms with Gasteiger partial charge in [-0.05, 0) is 32.1 Å². The van der Waals surface area contributed by atoms with Crippen molar-refractivity contribution in [3.05, 3.63) is 0 Å². The van der Waals surface area contributed by atoms with Gasteiger partial charge in [0.05, 0.1) is 5.60 Å². The van der Waals surface area contributed by atoms with E-state index in [-0.39, 0.29) is 0 Å². The lowest BCUT2D eigenvalue weighted by Gasteiger charge is -2.24. The van der Waals surface area contributed by atoms with Crippen molar-refractivity contribution in [3.8, 4) is 0 Å². The molecule has 0 aromatic carbocycles. The second-order valence-electron chi connectivity index (χ2n) is 5.95. The third-order valence-corrected chi connectivity index (χ3v) is 3.33. The molecule has 0 aromatic heterocycles. The first-order valence-corrected chi connectivity index (χ1v) is 7.20. The Kier molecular flexibility index (Phi) is 9.02. The molecule has 1 unspecified atom stereocenters. The van der Waals surface area contributed by atoms with Crippen molar-refractivity contribution >= 4 is 0 Å². The van der Waals surface area contributed by atoms with Crippen molar-refractivity contribution in [2.75, 3.05) is 0 Å². The smallest absolute Gasteiger partial charge is 0.0619 e. The van der Waals surface area contributed by atoms with Crippen molar-refractivity contribution in [2.24, 2.45) is 5.92 Å². The van der Waals surface area contributed by atoms with Crippen LogP contribution in [0.4, 0.5) is 0 Å². The molecule has 0 aliphatic heterocycles. The van der Waals surface area contributed by atoms with Gasteiger partial charge >= 0.3 is 0 Å². The van der Waals surface area contributed by atoms with Crippen LogP contribution in [0.2, 0.25) is 0 Å². The Morgan fingerprint density at radius 2 is 1.50 bits per heavy atom. The standard InChI is InChI=1S/C15H32O/c1-5-6-7-8-9-10-12-15(4,16)13-11-14(2)3/h14,16H,5-13H2,1-4H3. The Hall–Kier alpha value is -0.0400. The van der Waals surface area contributed by atoms with E-state index in [0.717, 1.165) is 19.3 Å². The van der Waals surface area contributed by atoms with Gasteiger partial charge in [-0.2, -0.15) is 0 Å². The van der Waals surface area contributed by atoms with E-state index in [1.165, 1.54) is 38.5 Å². The maximum atomic E-state index is 10.2. The SMILES string of the molecule is CCCCCCCCC(C)(O)CCC(C)C. The van der Waals surface area contributed by atoms with E-state index in [0.29, 0.717) is 5.92 Å². The van der Waals surface area contributed by atoms with Crippen molar-refractivity contribution in [3.63, 3.8) is 0 Å². The average Bonchev–Trinajstić information content (AvgIpc) is 2.21. The van der Waals surface area contributed by atoms with Gasteiger partial charge in [-0.3, -0.25) is 0 Å². The largest absolute Gasteiger partial charge is 0.390 e. The van der Waals surface area contributed by atoms with Crippen LogP contribution in [0, 0.1) is 5.92 Å². The minimum absolute atomic E-state index is 0.422. The lowest BCUT2D eigenvalue weighted by molar-refractivity contribution is 0.0340. The molecule has 0 radical (unpaired) electrons. The fourth-order valence-corrected chi connectivity index (χ4v) is 2.01. The minimum atomic E-state index is -0.422. The summed E-state index contributed by atoms with van der Waals surface area (Å²) in [5.74, 6) is 0.705. The van der Waals surface area contributed by atoms with Crippen LogP contribution >= 0.6 is 0 Å². The van der Waals surface area contributed by atoms with Gasteiger partial charge in [-0.15, -0.1) is 0 Å². The molecule has 1 atom stereocenters. The topological polar surface area (TPSA) is 20.2 Å². The van der Waals surface area contributed by atoms with Crippen LogP contribution in [-0.2, 0) is 0 Å². The summed E-state index contributed by atoms with van der Waals surface area (Å²) < 4.78 is 0. The number of hydrogen-bond acceptors (Lipinski definition) is 1. The molecule has 1 heteroatoms. The molecule has 0 aliphatic carbocycles. The fraction of sp³-hybridized carbons (Fsp3) is 1.00. The highest BCUT2D eigenvalue weighted by atomic mass is 16.3. The van der Waals surface area contributed by atoms with Crippen LogP contribution in [0.3, 0.4) is 0 Å². The molecule has 98 valence electrons. The van der Waals surface area contributed by atoms with Crippen LogP contribution in [0.25, 0.3) is 0 Å². The Balaban J connectivity index is 3.42. The van der Waals surface area contributed by atoms with Crippen molar-refractivity contribution < 1.29 is 5.11 Å². The Morgan fingerprint density at radius 1 is 0.938 bits per heavy atom. The molecule has 16 heavy (non-hydrogen) atoms. The summed E-state index contributed by atoms with van der Waals surface area (Å²) >= 11 is 0. The molecule has 0 rings (SSSR count). The van der Waals surface area contributed by atoms with Crippen LogP contribution < -0.4 is 0 Å². The highest BCUT2D eigenvalue weighted by Crippen LogP contribution is 2.22. The molecule has 0 fully saturated rings. The maximum Gasteiger partial charge on any atom is 0.0619 e. The number of rotatable bonds is 10. The third-order valence-electron chi connectivity index (χ3n) is 3.33. The van der Waals surface area contributed by atoms with Gasteiger partial charge < -0.3 is 5.11 Å². The number of unbranched alkanes of at least 4 members (excludes halogenated alkanes) is 5. The quantitative estimate of drug-likeness (QED) is 0.526. The predicted molar refractivity (Wildman–Crippen MR) is 72.7 cm³/mol. The molecule has 0 aromatic rings.